The van der Waals surface area contributed by atoms with E-state index in [1.54, 1.807) is 13.2 Å². The highest BCUT2D eigenvalue weighted by Crippen LogP contribution is 2.23. The molecule has 1 aromatic rings. The van der Waals surface area contributed by atoms with Crippen LogP contribution in [0.1, 0.15) is 5.56 Å². The third-order valence-corrected chi connectivity index (χ3v) is 3.20. The fourth-order valence-electron chi connectivity index (χ4n) is 2.01. The molecule has 19 heavy (non-hydrogen) atoms. The molecule has 3 N–H and O–H groups in total. The summed E-state index contributed by atoms with van der Waals surface area (Å²) in [4.78, 5) is 0. The molecule has 0 bridgehead atoms. The van der Waals surface area contributed by atoms with E-state index in [9.17, 15) is 10.2 Å². The van der Waals surface area contributed by atoms with Gasteiger partial charge < -0.3 is 24.8 Å². The molecule has 0 fully saturated rings. The second-order valence-corrected chi connectivity index (χ2v) is 4.46. The van der Waals surface area contributed by atoms with Crippen LogP contribution in [0.15, 0.2) is 35.9 Å². The van der Waals surface area contributed by atoms with Gasteiger partial charge in [0.1, 0.15) is 24.1 Å². The summed E-state index contributed by atoms with van der Waals surface area (Å²) in [6.07, 6.45) is -1.11. The minimum Gasteiger partial charge on any atom is -0.497 e. The summed E-state index contributed by atoms with van der Waals surface area (Å²) in [6.45, 7) is 0.0360. The van der Waals surface area contributed by atoms with Crippen LogP contribution in [0, 0.1) is 0 Å². The van der Waals surface area contributed by atoms with Gasteiger partial charge in [0.05, 0.1) is 20.3 Å². The smallest absolute Gasteiger partial charge is 0.118 e. The fourth-order valence-corrected chi connectivity index (χ4v) is 2.01. The maximum Gasteiger partial charge on any atom is 0.118 e. The van der Waals surface area contributed by atoms with Crippen LogP contribution in [0.25, 0.3) is 0 Å². The van der Waals surface area contributed by atoms with Crippen molar-refractivity contribution in [3.63, 3.8) is 0 Å². The SMILES string of the molecule is COc1ccc(CO[C@@H]2C=C(CO)[C@H](O)C2O)cc1. The zero-order valence-corrected chi connectivity index (χ0v) is 10.7. The molecule has 5 nitrogen and oxygen atoms in total. The molecule has 1 aliphatic carbocycles. The fraction of sp³-hybridized carbons (Fsp3) is 0.429. The Morgan fingerprint density at radius 1 is 1.16 bits per heavy atom. The van der Waals surface area contributed by atoms with Gasteiger partial charge >= 0.3 is 0 Å². The molecule has 0 saturated carbocycles. The van der Waals surface area contributed by atoms with E-state index in [2.05, 4.69) is 0 Å². The Kier molecular flexibility index (Phi) is 4.55. The van der Waals surface area contributed by atoms with Gasteiger partial charge in [-0.05, 0) is 29.3 Å². The standard InChI is InChI=1S/C14H18O5/c1-18-11-4-2-9(3-5-11)8-19-12-6-10(7-15)13(16)14(12)17/h2-6,12-17H,7-8H2,1H3/t12-,13+,14?/m1/s1. The third kappa shape index (κ3) is 3.13. The molecule has 0 heterocycles. The van der Waals surface area contributed by atoms with Crippen molar-refractivity contribution in [2.75, 3.05) is 13.7 Å². The van der Waals surface area contributed by atoms with E-state index in [-0.39, 0.29) is 6.61 Å². The maximum absolute atomic E-state index is 9.76. The molecule has 0 aromatic heterocycles. The van der Waals surface area contributed by atoms with E-state index in [0.717, 1.165) is 11.3 Å². The second-order valence-electron chi connectivity index (χ2n) is 4.46. The Morgan fingerprint density at radius 2 is 1.84 bits per heavy atom. The average molecular weight is 266 g/mol. The molecule has 0 saturated heterocycles. The van der Waals surface area contributed by atoms with Crippen LogP contribution in [-0.4, -0.2) is 47.3 Å². The lowest BCUT2D eigenvalue weighted by Crippen LogP contribution is -2.33. The van der Waals surface area contributed by atoms with Crippen LogP contribution >= 0.6 is 0 Å². The quantitative estimate of drug-likeness (QED) is 0.665. The van der Waals surface area contributed by atoms with Crippen LogP contribution < -0.4 is 4.74 Å². The normalized spacial score (nSPS) is 26.3. The lowest BCUT2D eigenvalue weighted by molar-refractivity contribution is -0.0519. The summed E-state index contributed by atoms with van der Waals surface area (Å²) >= 11 is 0. The zero-order chi connectivity index (χ0) is 13.8. The van der Waals surface area contributed by atoms with E-state index in [1.807, 2.05) is 24.3 Å². The Bertz CT molecular complexity index is 440. The van der Waals surface area contributed by atoms with E-state index >= 15 is 0 Å². The van der Waals surface area contributed by atoms with Crippen molar-refractivity contribution in [3.8, 4) is 5.75 Å². The van der Waals surface area contributed by atoms with Gasteiger partial charge in [-0.1, -0.05) is 12.1 Å². The first kappa shape index (κ1) is 14.0. The van der Waals surface area contributed by atoms with Crippen LogP contribution in [0.2, 0.25) is 0 Å². The monoisotopic (exact) mass is 266 g/mol. The molecule has 104 valence electrons. The predicted octanol–water partition coefficient (Wildman–Crippen LogP) is 0.234. The van der Waals surface area contributed by atoms with E-state index < -0.39 is 18.3 Å². The highest BCUT2D eigenvalue weighted by molar-refractivity contribution is 5.27. The molecule has 0 spiro atoms. The topological polar surface area (TPSA) is 79.2 Å². The molecule has 1 aliphatic rings. The van der Waals surface area contributed by atoms with Crippen LogP contribution in [0.3, 0.4) is 0 Å². The lowest BCUT2D eigenvalue weighted by Gasteiger charge is -2.18. The Balaban J connectivity index is 1.93. The minimum absolute atomic E-state index is 0.277. The van der Waals surface area contributed by atoms with Crippen molar-refractivity contribution < 1.29 is 24.8 Å². The van der Waals surface area contributed by atoms with E-state index in [0.29, 0.717) is 12.2 Å². The van der Waals surface area contributed by atoms with Crippen LogP contribution in [-0.2, 0) is 11.3 Å². The molecule has 3 atom stereocenters. The van der Waals surface area contributed by atoms with E-state index in [4.69, 9.17) is 14.6 Å². The van der Waals surface area contributed by atoms with Crippen molar-refractivity contribution in [3.05, 3.63) is 41.5 Å². The first-order chi connectivity index (χ1) is 9.15. The number of benzene rings is 1. The summed E-state index contributed by atoms with van der Waals surface area (Å²) in [7, 11) is 1.60. The molecular formula is C14H18O5. The van der Waals surface area contributed by atoms with Gasteiger partial charge in [-0.3, -0.25) is 0 Å². The molecule has 0 amide bonds. The van der Waals surface area contributed by atoms with Gasteiger partial charge in [0, 0.05) is 0 Å². The van der Waals surface area contributed by atoms with Gasteiger partial charge in [0.15, 0.2) is 0 Å². The number of aliphatic hydroxyl groups is 3. The number of rotatable bonds is 5. The maximum atomic E-state index is 9.76. The molecule has 2 rings (SSSR count). The number of methoxy groups -OCH3 is 1. The predicted molar refractivity (Wildman–Crippen MR) is 68.8 cm³/mol. The second kappa shape index (κ2) is 6.16. The summed E-state index contributed by atoms with van der Waals surface area (Å²) in [6, 6.07) is 7.39. The summed E-state index contributed by atoms with van der Waals surface area (Å²) in [5.74, 6) is 0.766. The lowest BCUT2D eigenvalue weighted by atomic mass is 10.1. The van der Waals surface area contributed by atoms with Crippen molar-refractivity contribution in [1.82, 2.24) is 0 Å². The van der Waals surface area contributed by atoms with Crippen molar-refractivity contribution in [2.24, 2.45) is 0 Å². The summed E-state index contributed by atoms with van der Waals surface area (Å²) in [5.41, 5.74) is 1.33. The molecule has 1 aromatic carbocycles. The molecular weight excluding hydrogens is 248 g/mol. The molecule has 0 radical (unpaired) electrons. The van der Waals surface area contributed by atoms with Gasteiger partial charge in [-0.2, -0.15) is 0 Å². The third-order valence-electron chi connectivity index (χ3n) is 3.20. The zero-order valence-electron chi connectivity index (χ0n) is 10.7. The van der Waals surface area contributed by atoms with Crippen molar-refractivity contribution in [1.29, 1.82) is 0 Å². The van der Waals surface area contributed by atoms with Crippen molar-refractivity contribution in [2.45, 2.75) is 24.9 Å². The van der Waals surface area contributed by atoms with Gasteiger partial charge in [0.25, 0.3) is 0 Å². The summed E-state index contributed by atoms with van der Waals surface area (Å²) in [5, 5.41) is 28.4. The highest BCUT2D eigenvalue weighted by Gasteiger charge is 2.34. The Hall–Kier alpha value is -1.40. The first-order valence-corrected chi connectivity index (χ1v) is 6.08. The van der Waals surface area contributed by atoms with Gasteiger partial charge in [-0.15, -0.1) is 0 Å². The average Bonchev–Trinajstić information content (AvgIpc) is 2.73. The molecule has 0 aliphatic heterocycles. The first-order valence-electron chi connectivity index (χ1n) is 6.08. The highest BCUT2D eigenvalue weighted by atomic mass is 16.5. The van der Waals surface area contributed by atoms with Crippen LogP contribution in [0.4, 0.5) is 0 Å². The van der Waals surface area contributed by atoms with Crippen molar-refractivity contribution >= 4 is 0 Å². The minimum atomic E-state index is -1.05. The van der Waals surface area contributed by atoms with E-state index in [1.165, 1.54) is 0 Å². The molecule has 5 heteroatoms. The Labute approximate surface area is 111 Å². The van der Waals surface area contributed by atoms with Crippen LogP contribution in [0.5, 0.6) is 5.75 Å². The Morgan fingerprint density at radius 3 is 2.37 bits per heavy atom. The summed E-state index contributed by atoms with van der Waals surface area (Å²) < 4.78 is 10.6. The number of aliphatic hydroxyl groups excluding tert-OH is 3. The van der Waals surface area contributed by atoms with Gasteiger partial charge in [-0.25, -0.2) is 0 Å². The molecule has 1 unspecified atom stereocenters. The number of hydrogen-bond donors (Lipinski definition) is 3. The van der Waals surface area contributed by atoms with Gasteiger partial charge in [0.2, 0.25) is 0 Å². The largest absolute Gasteiger partial charge is 0.497 e. The number of hydrogen-bond acceptors (Lipinski definition) is 5. The number of ether oxygens (including phenoxy) is 2.